The van der Waals surface area contributed by atoms with Gasteiger partial charge in [-0.05, 0) is 18.2 Å². The van der Waals surface area contributed by atoms with Crippen LogP contribution in [0.2, 0.25) is 0 Å². The Morgan fingerprint density at radius 1 is 1.00 bits per heavy atom. The molecule has 1 rings (SSSR count). The zero-order valence-electron chi connectivity index (χ0n) is 8.54. The van der Waals surface area contributed by atoms with E-state index in [0.717, 1.165) is 6.42 Å². The van der Waals surface area contributed by atoms with Crippen molar-refractivity contribution >= 4 is 12.6 Å². The number of benzene rings is 1. The normalized spacial score (nSPS) is 7.08. The Kier molecular flexibility index (Phi) is 15.5. The van der Waals surface area contributed by atoms with Crippen molar-refractivity contribution in [3.63, 3.8) is 0 Å². The SMILES string of the molecule is CC.CCc1ccccc1.CS. The Labute approximate surface area is 82.4 Å². The molecule has 0 saturated carbocycles. The second-order valence-electron chi connectivity index (χ2n) is 1.84. The standard InChI is InChI=1S/C8H10.C2H6.CH4S/c1-2-8-6-4-3-5-7-8;2*1-2/h3-7H,2H2,1H3;1-2H3;2H,1H3. The summed E-state index contributed by atoms with van der Waals surface area (Å²) in [7, 11) is 0. The molecule has 0 aromatic heterocycles. The fraction of sp³-hybridized carbons (Fsp3) is 0.455. The van der Waals surface area contributed by atoms with Gasteiger partial charge in [-0.1, -0.05) is 51.1 Å². The van der Waals surface area contributed by atoms with Crippen molar-refractivity contribution in [3.8, 4) is 0 Å². The molecule has 0 amide bonds. The summed E-state index contributed by atoms with van der Waals surface area (Å²) in [6.07, 6.45) is 2.83. The van der Waals surface area contributed by atoms with Crippen molar-refractivity contribution in [1.29, 1.82) is 0 Å². The van der Waals surface area contributed by atoms with Gasteiger partial charge in [-0.15, -0.1) is 0 Å². The van der Waals surface area contributed by atoms with Crippen molar-refractivity contribution in [1.82, 2.24) is 0 Å². The molecule has 0 heterocycles. The average Bonchev–Trinajstić information content (AvgIpc) is 2.25. The summed E-state index contributed by atoms with van der Waals surface area (Å²) in [5.41, 5.74) is 1.41. The molecule has 0 N–H and O–H groups in total. The van der Waals surface area contributed by atoms with E-state index in [1.807, 2.05) is 19.9 Å². The predicted octanol–water partition coefficient (Wildman–Crippen LogP) is 3.82. The first-order valence-corrected chi connectivity index (χ1v) is 5.31. The van der Waals surface area contributed by atoms with E-state index in [1.165, 1.54) is 5.56 Å². The van der Waals surface area contributed by atoms with E-state index in [-0.39, 0.29) is 0 Å². The molecule has 1 aromatic rings. The minimum Gasteiger partial charge on any atom is -0.183 e. The predicted molar refractivity (Wildman–Crippen MR) is 62.1 cm³/mol. The first-order chi connectivity index (χ1) is 5.93. The van der Waals surface area contributed by atoms with Gasteiger partial charge in [0.1, 0.15) is 0 Å². The van der Waals surface area contributed by atoms with E-state index in [1.54, 1.807) is 6.26 Å². The maximum absolute atomic E-state index is 3.53. The summed E-state index contributed by atoms with van der Waals surface area (Å²) >= 11 is 3.53. The van der Waals surface area contributed by atoms with E-state index in [4.69, 9.17) is 0 Å². The molecule has 70 valence electrons. The van der Waals surface area contributed by atoms with E-state index < -0.39 is 0 Å². The van der Waals surface area contributed by atoms with Crippen LogP contribution in [0.25, 0.3) is 0 Å². The van der Waals surface area contributed by atoms with Crippen LogP contribution in [0.3, 0.4) is 0 Å². The molecule has 0 aliphatic heterocycles. The number of hydrogen-bond acceptors (Lipinski definition) is 1. The van der Waals surface area contributed by atoms with Gasteiger partial charge in [0.2, 0.25) is 0 Å². The summed E-state index contributed by atoms with van der Waals surface area (Å²) in [4.78, 5) is 0. The molecule has 0 spiro atoms. The highest BCUT2D eigenvalue weighted by Crippen LogP contribution is 1.96. The van der Waals surface area contributed by atoms with Crippen molar-refractivity contribution < 1.29 is 0 Å². The summed E-state index contributed by atoms with van der Waals surface area (Å²) in [6.45, 7) is 6.16. The molecule has 0 atom stereocenters. The van der Waals surface area contributed by atoms with Crippen LogP contribution in [0.5, 0.6) is 0 Å². The van der Waals surface area contributed by atoms with Gasteiger partial charge in [-0.25, -0.2) is 0 Å². The van der Waals surface area contributed by atoms with Gasteiger partial charge in [0, 0.05) is 0 Å². The highest BCUT2D eigenvalue weighted by atomic mass is 32.1. The summed E-state index contributed by atoms with van der Waals surface area (Å²) in [5.74, 6) is 0. The van der Waals surface area contributed by atoms with Gasteiger partial charge in [-0.2, -0.15) is 12.6 Å². The highest BCUT2D eigenvalue weighted by Gasteiger charge is 1.79. The van der Waals surface area contributed by atoms with E-state index in [2.05, 4.69) is 43.8 Å². The minimum absolute atomic E-state index is 1.14. The van der Waals surface area contributed by atoms with Gasteiger partial charge in [0.15, 0.2) is 0 Å². The molecular weight excluding hydrogens is 164 g/mol. The molecule has 0 aliphatic carbocycles. The third-order valence-corrected chi connectivity index (χ3v) is 1.25. The maximum atomic E-state index is 3.53. The van der Waals surface area contributed by atoms with Crippen molar-refractivity contribution in [2.75, 3.05) is 6.26 Å². The van der Waals surface area contributed by atoms with Crippen molar-refractivity contribution in [2.45, 2.75) is 27.2 Å². The lowest BCUT2D eigenvalue weighted by atomic mass is 10.2. The Balaban J connectivity index is 0. The van der Waals surface area contributed by atoms with Crippen LogP contribution in [-0.2, 0) is 6.42 Å². The van der Waals surface area contributed by atoms with Crippen LogP contribution in [0.1, 0.15) is 26.3 Å². The summed E-state index contributed by atoms with van der Waals surface area (Å²) in [6, 6.07) is 10.5. The quantitative estimate of drug-likeness (QED) is 0.630. The fourth-order valence-electron chi connectivity index (χ4n) is 0.714. The van der Waals surface area contributed by atoms with Gasteiger partial charge >= 0.3 is 0 Å². The Hall–Kier alpha value is -0.430. The van der Waals surface area contributed by atoms with Crippen molar-refractivity contribution in [3.05, 3.63) is 35.9 Å². The lowest BCUT2D eigenvalue weighted by molar-refractivity contribution is 1.14. The Morgan fingerprint density at radius 3 is 1.67 bits per heavy atom. The zero-order valence-corrected chi connectivity index (χ0v) is 9.44. The van der Waals surface area contributed by atoms with Crippen molar-refractivity contribution in [2.24, 2.45) is 0 Å². The molecule has 0 aliphatic rings. The van der Waals surface area contributed by atoms with Gasteiger partial charge < -0.3 is 0 Å². The van der Waals surface area contributed by atoms with Gasteiger partial charge in [0.05, 0.1) is 0 Å². The molecular formula is C11H20S. The molecule has 0 radical (unpaired) electrons. The van der Waals surface area contributed by atoms with Crippen LogP contribution >= 0.6 is 12.6 Å². The zero-order chi connectivity index (χ0) is 9.82. The number of thiol groups is 1. The Bertz CT molecular complexity index is 146. The van der Waals surface area contributed by atoms with E-state index in [9.17, 15) is 0 Å². The number of hydrogen-bond donors (Lipinski definition) is 1. The lowest BCUT2D eigenvalue weighted by Gasteiger charge is -1.89. The summed E-state index contributed by atoms with van der Waals surface area (Å²) in [5, 5.41) is 0. The number of aryl methyl sites for hydroxylation is 1. The minimum atomic E-state index is 1.14. The maximum Gasteiger partial charge on any atom is -0.0215 e. The van der Waals surface area contributed by atoms with Gasteiger partial charge in [-0.3, -0.25) is 0 Å². The summed E-state index contributed by atoms with van der Waals surface area (Å²) < 4.78 is 0. The number of rotatable bonds is 1. The molecule has 1 heteroatoms. The van der Waals surface area contributed by atoms with Crippen LogP contribution in [0.15, 0.2) is 30.3 Å². The average molecular weight is 184 g/mol. The molecule has 12 heavy (non-hydrogen) atoms. The molecule has 0 fully saturated rings. The highest BCUT2D eigenvalue weighted by molar-refractivity contribution is 7.79. The van der Waals surface area contributed by atoms with Crippen LogP contribution in [0.4, 0.5) is 0 Å². The molecule has 0 unspecified atom stereocenters. The second kappa shape index (κ2) is 13.2. The Morgan fingerprint density at radius 2 is 1.42 bits per heavy atom. The fourth-order valence-corrected chi connectivity index (χ4v) is 0.714. The molecule has 0 bridgehead atoms. The lowest BCUT2D eigenvalue weighted by Crippen LogP contribution is -1.73. The smallest absolute Gasteiger partial charge is 0.0215 e. The van der Waals surface area contributed by atoms with Gasteiger partial charge in [0.25, 0.3) is 0 Å². The molecule has 1 aromatic carbocycles. The van der Waals surface area contributed by atoms with E-state index in [0.29, 0.717) is 0 Å². The van der Waals surface area contributed by atoms with E-state index >= 15 is 0 Å². The monoisotopic (exact) mass is 184 g/mol. The first-order valence-electron chi connectivity index (χ1n) is 4.42. The van der Waals surface area contributed by atoms with Crippen LogP contribution in [0, 0.1) is 0 Å². The first kappa shape index (κ1) is 14.1. The molecule has 0 saturated heterocycles. The third kappa shape index (κ3) is 7.67. The van der Waals surface area contributed by atoms with Crippen LogP contribution < -0.4 is 0 Å². The third-order valence-electron chi connectivity index (χ3n) is 1.25. The molecule has 0 nitrogen and oxygen atoms in total. The van der Waals surface area contributed by atoms with Crippen LogP contribution in [-0.4, -0.2) is 6.26 Å². The topological polar surface area (TPSA) is 0 Å². The largest absolute Gasteiger partial charge is 0.183 e. The second-order valence-corrected chi connectivity index (χ2v) is 1.84.